The summed E-state index contributed by atoms with van der Waals surface area (Å²) in [4.78, 5) is 2.41. The number of nitrogen functional groups attached to an aromatic ring is 1. The molecule has 0 saturated carbocycles. The Labute approximate surface area is 104 Å². The fraction of sp³-hybridized carbons (Fsp3) is 0.571. The van der Waals surface area contributed by atoms with Crippen molar-refractivity contribution in [2.45, 2.75) is 19.3 Å². The molecule has 1 atom stereocenters. The fourth-order valence-electron chi connectivity index (χ4n) is 2.70. The molecule has 2 rings (SSSR count). The van der Waals surface area contributed by atoms with Gasteiger partial charge in [0.05, 0.1) is 12.8 Å². The number of likely N-dealkylation sites (tertiary alicyclic amines) is 1. The Morgan fingerprint density at radius 3 is 3.00 bits per heavy atom. The van der Waals surface area contributed by atoms with Gasteiger partial charge in [-0.15, -0.1) is 0 Å². The van der Waals surface area contributed by atoms with Crippen LogP contribution in [0.4, 0.5) is 5.69 Å². The maximum Gasteiger partial charge on any atom is 0.142 e. The summed E-state index contributed by atoms with van der Waals surface area (Å²) in [6, 6.07) is 6.06. The van der Waals surface area contributed by atoms with E-state index in [9.17, 15) is 0 Å². The summed E-state index contributed by atoms with van der Waals surface area (Å²) in [6.07, 6.45) is 3.67. The first-order valence-corrected chi connectivity index (χ1v) is 6.30. The smallest absolute Gasteiger partial charge is 0.142 e. The Morgan fingerprint density at radius 2 is 2.29 bits per heavy atom. The number of benzene rings is 1. The maximum absolute atomic E-state index is 6.11. The lowest BCUT2D eigenvalue weighted by atomic mass is 9.91. The van der Waals surface area contributed by atoms with Crippen LogP contribution in [0, 0.1) is 5.92 Å². The summed E-state index contributed by atoms with van der Waals surface area (Å²) in [5.74, 6) is 1.52. The molecule has 1 unspecified atom stereocenters. The first-order chi connectivity index (χ1) is 8.20. The molecule has 0 aromatic heterocycles. The third-order valence-electron chi connectivity index (χ3n) is 3.61. The van der Waals surface area contributed by atoms with Crippen molar-refractivity contribution < 1.29 is 4.74 Å². The predicted molar refractivity (Wildman–Crippen MR) is 71.3 cm³/mol. The van der Waals surface area contributed by atoms with Gasteiger partial charge < -0.3 is 15.4 Å². The first-order valence-electron chi connectivity index (χ1n) is 6.30. The number of hydrogen-bond donors (Lipinski definition) is 1. The molecular formula is C14H22N2O. The number of anilines is 1. The van der Waals surface area contributed by atoms with E-state index in [1.54, 1.807) is 7.11 Å². The molecule has 1 saturated heterocycles. The molecule has 2 N–H and O–H groups in total. The average Bonchev–Trinajstić information content (AvgIpc) is 2.32. The molecule has 1 aromatic carbocycles. The van der Waals surface area contributed by atoms with E-state index >= 15 is 0 Å². The predicted octanol–water partition coefficient (Wildman–Crippen LogP) is 2.16. The van der Waals surface area contributed by atoms with Crippen LogP contribution in [-0.4, -0.2) is 32.1 Å². The second kappa shape index (κ2) is 5.41. The third-order valence-corrected chi connectivity index (χ3v) is 3.61. The number of piperidine rings is 1. The van der Waals surface area contributed by atoms with Crippen molar-refractivity contribution in [3.05, 3.63) is 23.8 Å². The Hall–Kier alpha value is -1.22. The number of ether oxygens (including phenoxy) is 1. The molecule has 0 bridgehead atoms. The summed E-state index contributed by atoms with van der Waals surface area (Å²) in [5.41, 5.74) is 8.14. The highest BCUT2D eigenvalue weighted by Gasteiger charge is 2.18. The largest absolute Gasteiger partial charge is 0.495 e. The molecule has 0 amide bonds. The van der Waals surface area contributed by atoms with Crippen molar-refractivity contribution in [3.8, 4) is 5.75 Å². The molecule has 1 fully saturated rings. The van der Waals surface area contributed by atoms with Gasteiger partial charge in [0.2, 0.25) is 0 Å². The molecule has 0 spiro atoms. The van der Waals surface area contributed by atoms with Crippen molar-refractivity contribution in [1.29, 1.82) is 0 Å². The highest BCUT2D eigenvalue weighted by molar-refractivity contribution is 5.58. The molecule has 1 heterocycles. The Morgan fingerprint density at radius 1 is 1.47 bits per heavy atom. The van der Waals surface area contributed by atoms with E-state index in [1.165, 1.54) is 31.5 Å². The summed E-state index contributed by atoms with van der Waals surface area (Å²) in [7, 11) is 3.87. The SMILES string of the molecule is COc1cccc(CC2CCCN(C)C2)c1N. The molecule has 1 aromatic rings. The highest BCUT2D eigenvalue weighted by Crippen LogP contribution is 2.28. The van der Waals surface area contributed by atoms with Gasteiger partial charge in [0.25, 0.3) is 0 Å². The van der Waals surface area contributed by atoms with Gasteiger partial charge in [-0.25, -0.2) is 0 Å². The van der Waals surface area contributed by atoms with E-state index in [1.807, 2.05) is 12.1 Å². The van der Waals surface area contributed by atoms with Gasteiger partial charge in [-0.05, 0) is 50.4 Å². The molecule has 0 aliphatic carbocycles. The summed E-state index contributed by atoms with van der Waals surface area (Å²) >= 11 is 0. The van der Waals surface area contributed by atoms with Crippen LogP contribution < -0.4 is 10.5 Å². The minimum absolute atomic E-state index is 0.725. The zero-order chi connectivity index (χ0) is 12.3. The highest BCUT2D eigenvalue weighted by atomic mass is 16.5. The normalized spacial score (nSPS) is 21.4. The van der Waals surface area contributed by atoms with Gasteiger partial charge in [-0.1, -0.05) is 12.1 Å². The van der Waals surface area contributed by atoms with E-state index in [0.29, 0.717) is 0 Å². The number of hydrogen-bond acceptors (Lipinski definition) is 3. The molecule has 3 nitrogen and oxygen atoms in total. The minimum Gasteiger partial charge on any atom is -0.495 e. The van der Waals surface area contributed by atoms with Crippen molar-refractivity contribution >= 4 is 5.69 Å². The molecule has 17 heavy (non-hydrogen) atoms. The average molecular weight is 234 g/mol. The van der Waals surface area contributed by atoms with Crippen molar-refractivity contribution in [2.75, 3.05) is 33.0 Å². The van der Waals surface area contributed by atoms with Gasteiger partial charge in [-0.3, -0.25) is 0 Å². The van der Waals surface area contributed by atoms with E-state index in [0.717, 1.165) is 23.8 Å². The summed E-state index contributed by atoms with van der Waals surface area (Å²) in [6.45, 7) is 2.40. The third kappa shape index (κ3) is 2.91. The van der Waals surface area contributed by atoms with Gasteiger partial charge in [-0.2, -0.15) is 0 Å². The lowest BCUT2D eigenvalue weighted by Crippen LogP contribution is -2.33. The standard InChI is InChI=1S/C14H22N2O/c1-16-8-4-5-11(10-16)9-12-6-3-7-13(17-2)14(12)15/h3,6-7,11H,4-5,8-10,15H2,1-2H3. The van der Waals surface area contributed by atoms with E-state index in [2.05, 4.69) is 18.0 Å². The number of nitrogens with zero attached hydrogens (tertiary/aromatic N) is 1. The van der Waals surface area contributed by atoms with E-state index < -0.39 is 0 Å². The Bertz CT molecular complexity index is 378. The molecular weight excluding hydrogens is 212 g/mol. The lowest BCUT2D eigenvalue weighted by molar-refractivity contribution is 0.209. The van der Waals surface area contributed by atoms with Gasteiger partial charge in [0, 0.05) is 6.54 Å². The Balaban J connectivity index is 2.07. The maximum atomic E-state index is 6.11. The molecule has 1 aliphatic heterocycles. The zero-order valence-corrected chi connectivity index (χ0v) is 10.8. The van der Waals surface area contributed by atoms with Crippen LogP contribution in [-0.2, 0) is 6.42 Å². The minimum atomic E-state index is 0.725. The first kappa shape index (κ1) is 12.2. The Kier molecular flexibility index (Phi) is 3.89. The van der Waals surface area contributed by atoms with Crippen molar-refractivity contribution in [1.82, 2.24) is 4.90 Å². The van der Waals surface area contributed by atoms with Crippen LogP contribution in [0.3, 0.4) is 0 Å². The van der Waals surface area contributed by atoms with Crippen LogP contribution in [0.25, 0.3) is 0 Å². The van der Waals surface area contributed by atoms with Crippen LogP contribution >= 0.6 is 0 Å². The van der Waals surface area contributed by atoms with Crippen molar-refractivity contribution in [3.63, 3.8) is 0 Å². The zero-order valence-electron chi connectivity index (χ0n) is 10.8. The van der Waals surface area contributed by atoms with E-state index in [4.69, 9.17) is 10.5 Å². The monoisotopic (exact) mass is 234 g/mol. The van der Waals surface area contributed by atoms with Crippen molar-refractivity contribution in [2.24, 2.45) is 5.92 Å². The van der Waals surface area contributed by atoms with Gasteiger partial charge in [0.15, 0.2) is 0 Å². The quantitative estimate of drug-likeness (QED) is 0.815. The summed E-state index contributed by atoms with van der Waals surface area (Å²) < 4.78 is 5.26. The van der Waals surface area contributed by atoms with Gasteiger partial charge in [0.1, 0.15) is 5.75 Å². The molecule has 1 aliphatic rings. The summed E-state index contributed by atoms with van der Waals surface area (Å²) in [5, 5.41) is 0. The molecule has 3 heteroatoms. The van der Waals surface area contributed by atoms with Crippen LogP contribution in [0.2, 0.25) is 0 Å². The fourth-order valence-corrected chi connectivity index (χ4v) is 2.70. The molecule has 0 radical (unpaired) electrons. The molecule has 94 valence electrons. The van der Waals surface area contributed by atoms with Gasteiger partial charge >= 0.3 is 0 Å². The number of para-hydroxylation sites is 1. The lowest BCUT2D eigenvalue weighted by Gasteiger charge is -2.30. The number of rotatable bonds is 3. The second-order valence-corrected chi connectivity index (χ2v) is 5.01. The van der Waals surface area contributed by atoms with Crippen LogP contribution in [0.1, 0.15) is 18.4 Å². The van der Waals surface area contributed by atoms with Crippen LogP contribution in [0.5, 0.6) is 5.75 Å². The second-order valence-electron chi connectivity index (χ2n) is 5.01. The van der Waals surface area contributed by atoms with E-state index in [-0.39, 0.29) is 0 Å². The van der Waals surface area contributed by atoms with Crippen LogP contribution in [0.15, 0.2) is 18.2 Å². The topological polar surface area (TPSA) is 38.5 Å². The number of methoxy groups -OCH3 is 1. The number of nitrogens with two attached hydrogens (primary N) is 1.